The maximum atomic E-state index is 13.6. The van der Waals surface area contributed by atoms with E-state index in [9.17, 15) is 9.59 Å². The van der Waals surface area contributed by atoms with Crippen molar-refractivity contribution in [2.75, 3.05) is 45.8 Å². The van der Waals surface area contributed by atoms with Crippen molar-refractivity contribution in [2.45, 2.75) is 58.7 Å². The Kier molecular flexibility index (Phi) is 9.11. The van der Waals surface area contributed by atoms with Gasteiger partial charge in [-0.25, -0.2) is 0 Å². The van der Waals surface area contributed by atoms with Crippen molar-refractivity contribution in [1.82, 2.24) is 15.5 Å². The highest BCUT2D eigenvalue weighted by molar-refractivity contribution is 5.99. The highest BCUT2D eigenvalue weighted by Gasteiger charge is 2.32. The number of ether oxygens (including phenoxy) is 1. The third kappa shape index (κ3) is 6.56. The van der Waals surface area contributed by atoms with Gasteiger partial charge in [-0.3, -0.25) is 9.59 Å². The van der Waals surface area contributed by atoms with E-state index in [1.54, 1.807) is 0 Å². The highest BCUT2D eigenvalue weighted by Crippen LogP contribution is 2.33. The van der Waals surface area contributed by atoms with E-state index in [4.69, 9.17) is 4.74 Å². The van der Waals surface area contributed by atoms with E-state index in [-0.39, 0.29) is 29.7 Å². The maximum Gasteiger partial charge on any atom is 0.251 e. The summed E-state index contributed by atoms with van der Waals surface area (Å²) in [7, 11) is 6.25. The lowest BCUT2D eigenvalue weighted by Crippen LogP contribution is -2.50. The lowest BCUT2D eigenvalue weighted by atomic mass is 9.84. The first-order valence-electron chi connectivity index (χ1n) is 13.9. The molecule has 2 aromatic rings. The van der Waals surface area contributed by atoms with Crippen molar-refractivity contribution < 1.29 is 14.3 Å². The summed E-state index contributed by atoms with van der Waals surface area (Å²) in [5.74, 6) is -0.0942. The van der Waals surface area contributed by atoms with Crippen LogP contribution in [0.15, 0.2) is 36.4 Å². The van der Waals surface area contributed by atoms with Gasteiger partial charge in [0.15, 0.2) is 0 Å². The second kappa shape index (κ2) is 12.3. The molecule has 2 saturated heterocycles. The van der Waals surface area contributed by atoms with E-state index < -0.39 is 0 Å². The van der Waals surface area contributed by atoms with E-state index in [1.165, 1.54) is 5.56 Å². The number of hydrogen-bond donors (Lipinski definition) is 2. The Morgan fingerprint density at radius 3 is 2.37 bits per heavy atom. The van der Waals surface area contributed by atoms with Crippen LogP contribution in [0.2, 0.25) is 0 Å². The predicted octanol–water partition coefficient (Wildman–Crippen LogP) is 4.23. The molecule has 0 saturated carbocycles. The Morgan fingerprint density at radius 2 is 1.74 bits per heavy atom. The lowest BCUT2D eigenvalue weighted by molar-refractivity contribution is -0.129. The van der Waals surface area contributed by atoms with E-state index in [2.05, 4.69) is 78.8 Å². The summed E-state index contributed by atoms with van der Waals surface area (Å²) < 4.78 is 5.60. The molecule has 0 aromatic heterocycles. The van der Waals surface area contributed by atoms with Crippen LogP contribution in [-0.2, 0) is 16.1 Å². The molecular formula is C31H44N4O3. The summed E-state index contributed by atoms with van der Waals surface area (Å²) in [4.78, 5) is 30.7. The quantitative estimate of drug-likeness (QED) is 0.545. The first-order chi connectivity index (χ1) is 18.1. The van der Waals surface area contributed by atoms with Crippen LogP contribution in [0.25, 0.3) is 11.1 Å². The second-order valence-electron chi connectivity index (χ2n) is 11.5. The van der Waals surface area contributed by atoms with Gasteiger partial charge in [0.2, 0.25) is 5.91 Å². The van der Waals surface area contributed by atoms with E-state index >= 15 is 0 Å². The molecule has 4 rings (SSSR count). The lowest BCUT2D eigenvalue weighted by Gasteiger charge is -2.35. The second-order valence-corrected chi connectivity index (χ2v) is 11.5. The van der Waals surface area contributed by atoms with E-state index in [0.29, 0.717) is 18.2 Å². The summed E-state index contributed by atoms with van der Waals surface area (Å²) in [6, 6.07) is 13.3. The van der Waals surface area contributed by atoms with Crippen molar-refractivity contribution in [3.05, 3.63) is 53.1 Å². The molecule has 2 amide bonds. The Bertz CT molecular complexity index is 1120. The van der Waals surface area contributed by atoms with Gasteiger partial charge in [0.1, 0.15) is 0 Å². The number of nitrogens with one attached hydrogen (secondary N) is 2. The van der Waals surface area contributed by atoms with Crippen LogP contribution >= 0.6 is 0 Å². The summed E-state index contributed by atoms with van der Waals surface area (Å²) in [6.45, 7) is 8.89. The van der Waals surface area contributed by atoms with E-state index in [0.717, 1.165) is 61.4 Å². The van der Waals surface area contributed by atoms with Gasteiger partial charge in [0.05, 0.1) is 5.92 Å². The minimum atomic E-state index is -0.215. The molecule has 2 heterocycles. The molecule has 206 valence electrons. The van der Waals surface area contributed by atoms with Crippen LogP contribution in [0.1, 0.15) is 54.6 Å². The normalized spacial score (nSPS) is 22.3. The predicted molar refractivity (Wildman–Crippen MR) is 153 cm³/mol. The molecule has 3 atom stereocenters. The Labute approximate surface area is 227 Å². The maximum absolute atomic E-state index is 13.6. The Balaban J connectivity index is 1.64. The van der Waals surface area contributed by atoms with Crippen LogP contribution in [0, 0.1) is 18.8 Å². The van der Waals surface area contributed by atoms with Crippen LogP contribution in [-0.4, -0.2) is 69.7 Å². The SMILES string of the molecule is Cc1c(C(=O)NCC2C(=O)NC(C)CC2C)cc(-c2ccc(CN(C)C)cc2)cc1N(C)C1CCOCC1. The number of hydrogen-bond acceptors (Lipinski definition) is 5. The van der Waals surface area contributed by atoms with Crippen molar-refractivity contribution in [3.8, 4) is 11.1 Å². The van der Waals surface area contributed by atoms with Crippen molar-refractivity contribution in [1.29, 1.82) is 0 Å². The van der Waals surface area contributed by atoms with Gasteiger partial charge >= 0.3 is 0 Å². The van der Waals surface area contributed by atoms with Crippen LogP contribution in [0.4, 0.5) is 5.69 Å². The molecule has 38 heavy (non-hydrogen) atoms. The third-order valence-corrected chi connectivity index (χ3v) is 8.15. The van der Waals surface area contributed by atoms with Crippen LogP contribution < -0.4 is 15.5 Å². The van der Waals surface area contributed by atoms with Gasteiger partial charge in [0, 0.05) is 56.7 Å². The molecule has 2 fully saturated rings. The third-order valence-electron chi connectivity index (χ3n) is 8.15. The Morgan fingerprint density at radius 1 is 1.05 bits per heavy atom. The van der Waals surface area contributed by atoms with Gasteiger partial charge in [0.25, 0.3) is 5.91 Å². The molecule has 2 N–H and O–H groups in total. The number of amides is 2. The van der Waals surface area contributed by atoms with Gasteiger partial charge in [-0.2, -0.15) is 0 Å². The largest absolute Gasteiger partial charge is 0.381 e. The smallest absolute Gasteiger partial charge is 0.251 e. The van der Waals surface area contributed by atoms with Gasteiger partial charge in [-0.05, 0) is 87.5 Å². The number of carbonyl (C=O) groups excluding carboxylic acids is 2. The minimum absolute atomic E-state index is 0.0276. The van der Waals surface area contributed by atoms with Crippen molar-refractivity contribution in [2.24, 2.45) is 11.8 Å². The minimum Gasteiger partial charge on any atom is -0.381 e. The van der Waals surface area contributed by atoms with E-state index in [1.807, 2.05) is 19.9 Å². The first-order valence-corrected chi connectivity index (χ1v) is 13.9. The van der Waals surface area contributed by atoms with Gasteiger partial charge in [-0.15, -0.1) is 0 Å². The average Bonchev–Trinajstić information content (AvgIpc) is 2.88. The zero-order chi connectivity index (χ0) is 27.4. The molecule has 3 unspecified atom stereocenters. The molecule has 7 nitrogen and oxygen atoms in total. The average molecular weight is 521 g/mol. The summed E-state index contributed by atoms with van der Waals surface area (Å²) in [5.41, 5.74) is 6.03. The number of carbonyl (C=O) groups is 2. The summed E-state index contributed by atoms with van der Waals surface area (Å²) >= 11 is 0. The molecule has 0 aliphatic carbocycles. The fraction of sp³-hybridized carbons (Fsp3) is 0.548. The number of nitrogens with zero attached hydrogens (tertiary/aromatic N) is 2. The van der Waals surface area contributed by atoms with Crippen molar-refractivity contribution in [3.63, 3.8) is 0 Å². The molecule has 0 radical (unpaired) electrons. The summed E-state index contributed by atoms with van der Waals surface area (Å²) in [5, 5.41) is 6.13. The van der Waals surface area contributed by atoms with Gasteiger partial charge < -0.3 is 25.2 Å². The molecule has 7 heteroatoms. The number of benzene rings is 2. The number of anilines is 1. The van der Waals surface area contributed by atoms with Crippen LogP contribution in [0.3, 0.4) is 0 Å². The Hall–Kier alpha value is -2.90. The van der Waals surface area contributed by atoms with Gasteiger partial charge in [-0.1, -0.05) is 31.2 Å². The number of piperidine rings is 1. The fourth-order valence-corrected chi connectivity index (χ4v) is 5.89. The molecule has 0 spiro atoms. The highest BCUT2D eigenvalue weighted by atomic mass is 16.5. The zero-order valence-corrected chi connectivity index (χ0v) is 23.8. The summed E-state index contributed by atoms with van der Waals surface area (Å²) in [6.07, 6.45) is 2.85. The fourth-order valence-electron chi connectivity index (χ4n) is 5.89. The molecule has 2 aliphatic heterocycles. The molecule has 0 bridgehead atoms. The number of rotatable bonds is 8. The first kappa shape index (κ1) is 28.1. The van der Waals surface area contributed by atoms with Crippen LogP contribution in [0.5, 0.6) is 0 Å². The zero-order valence-electron chi connectivity index (χ0n) is 23.8. The molecular weight excluding hydrogens is 476 g/mol. The topological polar surface area (TPSA) is 73.9 Å². The molecule has 2 aliphatic rings. The molecule has 2 aromatic carbocycles. The monoisotopic (exact) mass is 520 g/mol. The van der Waals surface area contributed by atoms with Crippen molar-refractivity contribution >= 4 is 17.5 Å². The standard InChI is InChI=1S/C31H44N4O3/c1-20-15-21(2)33-31(37)28(20)18-32-30(36)27-16-25(24-9-7-23(8-10-24)19-34(4)5)17-29(22(27)3)35(6)26-11-13-38-14-12-26/h7-10,16-17,20-21,26,28H,11-15,18-19H2,1-6H3,(H,32,36)(H,33,37).